The van der Waals surface area contributed by atoms with E-state index in [2.05, 4.69) is 0 Å². The average molecular weight is 308 g/mol. The van der Waals surface area contributed by atoms with Crippen molar-refractivity contribution in [2.24, 2.45) is 0 Å². The molecule has 0 aliphatic carbocycles. The molecule has 1 unspecified atom stereocenters. The lowest BCUT2D eigenvalue weighted by Crippen LogP contribution is -2.55. The molecule has 0 saturated carbocycles. The quantitative estimate of drug-likeness (QED) is 0.778. The molecule has 0 amide bonds. The summed E-state index contributed by atoms with van der Waals surface area (Å²) in [6.45, 7) is 5.41. The Bertz CT molecular complexity index is 751. The van der Waals surface area contributed by atoms with Crippen LogP contribution in [0.2, 0.25) is 0 Å². The number of hydrogen-bond acceptors (Lipinski definition) is 3. The molecule has 0 saturated heterocycles. The molecule has 1 atom stereocenters. The van der Waals surface area contributed by atoms with Gasteiger partial charge in [-0.25, -0.2) is 0 Å². The zero-order chi connectivity index (χ0) is 16.6. The molecule has 2 aromatic rings. The van der Waals surface area contributed by atoms with E-state index in [-0.39, 0.29) is 0 Å². The largest absolute Gasteiger partial charge is 0.758 e. The summed E-state index contributed by atoms with van der Waals surface area (Å²) in [4.78, 5) is 13.0. The molecule has 4 heteroatoms. The lowest BCUT2D eigenvalue weighted by Gasteiger charge is -2.49. The van der Waals surface area contributed by atoms with Gasteiger partial charge in [0.05, 0.1) is 11.1 Å². The second-order valence-corrected chi connectivity index (χ2v) is 6.38. The summed E-state index contributed by atoms with van der Waals surface area (Å²) < 4.78 is 0.978. The molecule has 0 fully saturated rings. The summed E-state index contributed by atoms with van der Waals surface area (Å²) in [6.07, 6.45) is 0. The molecule has 1 aliphatic rings. The van der Waals surface area contributed by atoms with Crippen LogP contribution in [0.4, 0.5) is 0 Å². The molecular formula is C19H20N2O2. The van der Waals surface area contributed by atoms with Gasteiger partial charge in [0.1, 0.15) is 5.70 Å². The molecule has 0 bridgehead atoms. The van der Waals surface area contributed by atoms with Crippen LogP contribution in [0, 0.1) is 10.1 Å². The standard InChI is InChI=1S/C19H20N2O2/c1-14-19(2,3)21(23)18(16-12-8-5-9-13-16)17(20(14)22)15-10-6-4-7-11-15/h4-14H,1-3H3. The van der Waals surface area contributed by atoms with E-state index in [4.69, 9.17) is 0 Å². The van der Waals surface area contributed by atoms with Crippen molar-refractivity contribution in [1.29, 1.82) is 0 Å². The zero-order valence-electron chi connectivity index (χ0n) is 13.6. The molecule has 118 valence electrons. The van der Waals surface area contributed by atoms with E-state index in [1.165, 1.54) is 0 Å². The minimum atomic E-state index is -0.814. The molecule has 1 aliphatic heterocycles. The monoisotopic (exact) mass is 308 g/mol. The third-order valence-corrected chi connectivity index (χ3v) is 4.64. The number of nitroso groups, excluding NO2 is 1. The summed E-state index contributed by atoms with van der Waals surface area (Å²) in [6, 6.07) is 18.3. The maximum absolute atomic E-state index is 13.1. The van der Waals surface area contributed by atoms with Crippen LogP contribution in [-0.4, -0.2) is 21.4 Å². The SMILES string of the molecule is CC1[N+](=O)C(c2ccccc2)=C(c2ccccc2)N([O-])C1(C)C. The highest BCUT2D eigenvalue weighted by Crippen LogP contribution is 2.41. The molecule has 23 heavy (non-hydrogen) atoms. The van der Waals surface area contributed by atoms with E-state index in [9.17, 15) is 10.1 Å². The molecule has 1 heterocycles. The van der Waals surface area contributed by atoms with Gasteiger partial charge in [-0.3, -0.25) is 0 Å². The Labute approximate surface area is 136 Å². The summed E-state index contributed by atoms with van der Waals surface area (Å²) in [5.74, 6) is 0. The van der Waals surface area contributed by atoms with Gasteiger partial charge in [-0.15, -0.1) is 0 Å². The Morgan fingerprint density at radius 3 is 1.96 bits per heavy atom. The maximum atomic E-state index is 13.1. The Kier molecular flexibility index (Phi) is 3.78. The van der Waals surface area contributed by atoms with Gasteiger partial charge in [-0.2, -0.15) is 0 Å². The van der Waals surface area contributed by atoms with Crippen molar-refractivity contribution in [3.05, 3.63) is 81.9 Å². The number of nitrogens with zero attached hydrogens (tertiary/aromatic N) is 2. The fourth-order valence-electron chi connectivity index (χ4n) is 2.85. The highest BCUT2D eigenvalue weighted by molar-refractivity contribution is 5.87. The summed E-state index contributed by atoms with van der Waals surface area (Å²) in [5.41, 5.74) is 1.55. The Balaban J connectivity index is 2.32. The first kappa shape index (κ1) is 15.4. The van der Waals surface area contributed by atoms with Crippen LogP contribution >= 0.6 is 0 Å². The number of benzene rings is 2. The van der Waals surface area contributed by atoms with Crippen molar-refractivity contribution in [3.63, 3.8) is 0 Å². The molecular weight excluding hydrogens is 288 g/mol. The molecule has 0 radical (unpaired) electrons. The van der Waals surface area contributed by atoms with Gasteiger partial charge in [-0.05, 0) is 26.0 Å². The predicted molar refractivity (Wildman–Crippen MR) is 92.1 cm³/mol. The van der Waals surface area contributed by atoms with Gasteiger partial charge < -0.3 is 10.3 Å². The molecule has 2 aromatic carbocycles. The fraction of sp³-hybridized carbons (Fsp3) is 0.263. The molecule has 0 aromatic heterocycles. The van der Waals surface area contributed by atoms with E-state index in [1.54, 1.807) is 20.8 Å². The lowest BCUT2D eigenvalue weighted by molar-refractivity contribution is -0.514. The van der Waals surface area contributed by atoms with Crippen LogP contribution in [0.25, 0.3) is 11.4 Å². The van der Waals surface area contributed by atoms with Crippen LogP contribution in [0.15, 0.2) is 60.7 Å². The van der Waals surface area contributed by atoms with Crippen LogP contribution in [0.5, 0.6) is 0 Å². The van der Waals surface area contributed by atoms with E-state index in [0.29, 0.717) is 11.4 Å². The van der Waals surface area contributed by atoms with E-state index < -0.39 is 11.6 Å². The number of rotatable bonds is 2. The fourth-order valence-corrected chi connectivity index (χ4v) is 2.85. The second kappa shape index (κ2) is 5.63. The Morgan fingerprint density at radius 2 is 1.43 bits per heavy atom. The van der Waals surface area contributed by atoms with Gasteiger partial charge in [0, 0.05) is 22.2 Å². The first-order valence-electron chi connectivity index (χ1n) is 7.73. The van der Waals surface area contributed by atoms with Crippen molar-refractivity contribution in [3.8, 4) is 0 Å². The van der Waals surface area contributed by atoms with Gasteiger partial charge in [0.2, 0.25) is 6.04 Å². The highest BCUT2D eigenvalue weighted by atomic mass is 16.5. The molecule has 4 nitrogen and oxygen atoms in total. The van der Waals surface area contributed by atoms with Gasteiger partial charge in [-0.1, -0.05) is 48.5 Å². The van der Waals surface area contributed by atoms with Crippen LogP contribution in [0.3, 0.4) is 0 Å². The van der Waals surface area contributed by atoms with Gasteiger partial charge in [0.25, 0.3) is 5.70 Å². The summed E-state index contributed by atoms with van der Waals surface area (Å²) in [5, 5.41) is 14.1. The zero-order valence-corrected chi connectivity index (χ0v) is 13.6. The van der Waals surface area contributed by atoms with E-state index in [1.807, 2.05) is 60.7 Å². The Hall–Kier alpha value is -2.46. The van der Waals surface area contributed by atoms with Crippen molar-refractivity contribution in [2.45, 2.75) is 32.4 Å². The normalized spacial score (nSPS) is 20.8. The first-order valence-corrected chi connectivity index (χ1v) is 7.73. The van der Waals surface area contributed by atoms with Gasteiger partial charge >= 0.3 is 0 Å². The van der Waals surface area contributed by atoms with Crippen molar-refractivity contribution in [1.82, 2.24) is 5.06 Å². The third kappa shape index (κ3) is 2.45. The van der Waals surface area contributed by atoms with Crippen molar-refractivity contribution < 1.29 is 4.76 Å². The van der Waals surface area contributed by atoms with Crippen LogP contribution < -0.4 is 0 Å². The molecule has 3 rings (SSSR count). The number of hydroxylamine groups is 2. The lowest BCUT2D eigenvalue weighted by atomic mass is 9.88. The summed E-state index contributed by atoms with van der Waals surface area (Å²) in [7, 11) is 0. The average Bonchev–Trinajstić information content (AvgIpc) is 2.58. The maximum Gasteiger partial charge on any atom is 0.286 e. The molecule has 0 spiro atoms. The third-order valence-electron chi connectivity index (χ3n) is 4.64. The van der Waals surface area contributed by atoms with E-state index in [0.717, 1.165) is 21.0 Å². The second-order valence-electron chi connectivity index (χ2n) is 6.38. The van der Waals surface area contributed by atoms with Gasteiger partial charge in [0.15, 0.2) is 0 Å². The van der Waals surface area contributed by atoms with Crippen LogP contribution in [-0.2, 0) is 0 Å². The minimum Gasteiger partial charge on any atom is -0.758 e. The topological polar surface area (TPSA) is 46.4 Å². The first-order chi connectivity index (χ1) is 10.9. The predicted octanol–water partition coefficient (Wildman–Crippen LogP) is 4.27. The number of hydrogen-bond donors (Lipinski definition) is 0. The Morgan fingerprint density at radius 1 is 0.957 bits per heavy atom. The minimum absolute atomic E-state index is 0.426. The smallest absolute Gasteiger partial charge is 0.286 e. The van der Waals surface area contributed by atoms with E-state index >= 15 is 0 Å². The summed E-state index contributed by atoms with van der Waals surface area (Å²) >= 11 is 0. The highest BCUT2D eigenvalue weighted by Gasteiger charge is 2.48. The van der Waals surface area contributed by atoms with Crippen molar-refractivity contribution >= 4 is 11.4 Å². The van der Waals surface area contributed by atoms with Crippen LogP contribution in [0.1, 0.15) is 31.9 Å². The van der Waals surface area contributed by atoms with Crippen molar-refractivity contribution in [2.75, 3.05) is 0 Å². The molecule has 0 N–H and O–H groups in total.